The van der Waals surface area contributed by atoms with Gasteiger partial charge in [0.05, 0.1) is 6.61 Å². The summed E-state index contributed by atoms with van der Waals surface area (Å²) in [7, 11) is -3.86. The van der Waals surface area contributed by atoms with E-state index in [2.05, 4.69) is 9.62 Å². The van der Waals surface area contributed by atoms with E-state index in [0.29, 0.717) is 18.2 Å². The fourth-order valence-electron chi connectivity index (χ4n) is 2.80. The van der Waals surface area contributed by atoms with Crippen molar-refractivity contribution in [1.29, 1.82) is 0 Å². The van der Waals surface area contributed by atoms with Gasteiger partial charge in [-0.1, -0.05) is 6.07 Å². The number of hydrogen-bond donors (Lipinski definition) is 2. The number of rotatable bonds is 5. The molecule has 0 radical (unpaired) electrons. The van der Waals surface area contributed by atoms with E-state index >= 15 is 0 Å². The molecule has 2 N–H and O–H groups in total. The third kappa shape index (κ3) is 3.26. The topological polar surface area (TPSA) is 69.6 Å². The van der Waals surface area contributed by atoms with Crippen molar-refractivity contribution in [2.24, 2.45) is 0 Å². The van der Waals surface area contributed by atoms with Crippen molar-refractivity contribution in [2.75, 3.05) is 13.1 Å². The van der Waals surface area contributed by atoms with Crippen LogP contribution in [0.2, 0.25) is 0 Å². The van der Waals surface area contributed by atoms with Gasteiger partial charge in [0.25, 0.3) is 0 Å². The van der Waals surface area contributed by atoms with Crippen LogP contribution in [0, 0.1) is 5.82 Å². The number of hydrogen-bond acceptors (Lipinski definition) is 4. The Hall–Kier alpha value is -1.02. The number of aliphatic hydroxyl groups is 1. The van der Waals surface area contributed by atoms with Crippen LogP contribution in [0.3, 0.4) is 0 Å². The summed E-state index contributed by atoms with van der Waals surface area (Å²) in [5.41, 5.74) is 0.354. The zero-order valence-corrected chi connectivity index (χ0v) is 12.4. The maximum Gasteiger partial charge on any atom is 0.243 e. The van der Waals surface area contributed by atoms with Crippen LogP contribution in [-0.4, -0.2) is 43.6 Å². The second kappa shape index (κ2) is 5.64. The smallest absolute Gasteiger partial charge is 0.243 e. The van der Waals surface area contributed by atoms with E-state index in [9.17, 15) is 12.8 Å². The lowest BCUT2D eigenvalue weighted by molar-refractivity contribution is 0.281. The summed E-state index contributed by atoms with van der Waals surface area (Å²) in [4.78, 5) is 1.93. The van der Waals surface area contributed by atoms with Gasteiger partial charge in [-0.15, -0.1) is 0 Å². The molecule has 1 saturated heterocycles. The Morgan fingerprint density at radius 1 is 1.33 bits per heavy atom. The molecule has 1 heterocycles. The summed E-state index contributed by atoms with van der Waals surface area (Å²) in [6.45, 7) is 1.27. The molecule has 0 spiro atoms. The van der Waals surface area contributed by atoms with Crippen LogP contribution in [-0.2, 0) is 16.6 Å². The van der Waals surface area contributed by atoms with Crippen LogP contribution in [0.5, 0.6) is 0 Å². The lowest BCUT2D eigenvalue weighted by Gasteiger charge is -2.16. The minimum absolute atomic E-state index is 0.160. The third-order valence-electron chi connectivity index (χ3n) is 4.07. The van der Waals surface area contributed by atoms with Crippen molar-refractivity contribution in [1.82, 2.24) is 9.62 Å². The fraction of sp³-hybridized carbons (Fsp3) is 0.571. The van der Waals surface area contributed by atoms with E-state index in [1.54, 1.807) is 0 Å². The Kier molecular flexibility index (Phi) is 4.00. The lowest BCUT2D eigenvalue weighted by atomic mass is 10.2. The van der Waals surface area contributed by atoms with Gasteiger partial charge in [0.15, 0.2) is 0 Å². The molecule has 0 aromatic heterocycles. The van der Waals surface area contributed by atoms with Crippen LogP contribution < -0.4 is 4.72 Å². The van der Waals surface area contributed by atoms with Gasteiger partial charge in [-0.2, -0.15) is 0 Å². The van der Waals surface area contributed by atoms with E-state index in [-0.39, 0.29) is 17.5 Å². The molecule has 1 aliphatic carbocycles. The van der Waals surface area contributed by atoms with E-state index in [4.69, 9.17) is 5.11 Å². The second-order valence-electron chi connectivity index (χ2n) is 5.76. The van der Waals surface area contributed by atoms with Gasteiger partial charge >= 0.3 is 0 Å². The van der Waals surface area contributed by atoms with Crippen molar-refractivity contribution < 1.29 is 17.9 Å². The van der Waals surface area contributed by atoms with Gasteiger partial charge in [0, 0.05) is 25.2 Å². The highest BCUT2D eigenvalue weighted by Gasteiger charge is 2.36. The lowest BCUT2D eigenvalue weighted by Crippen LogP contribution is -2.37. The maximum atomic E-state index is 13.9. The Balaban J connectivity index is 1.71. The van der Waals surface area contributed by atoms with Crippen molar-refractivity contribution in [2.45, 2.75) is 42.8 Å². The zero-order chi connectivity index (χ0) is 15.0. The van der Waals surface area contributed by atoms with Gasteiger partial charge < -0.3 is 5.11 Å². The molecule has 1 aromatic carbocycles. The monoisotopic (exact) mass is 314 g/mol. The van der Waals surface area contributed by atoms with E-state index in [1.165, 1.54) is 25.0 Å². The predicted octanol–water partition coefficient (Wildman–Crippen LogP) is 0.833. The number of benzene rings is 1. The van der Waals surface area contributed by atoms with Crippen molar-refractivity contribution in [3.63, 3.8) is 0 Å². The molecule has 1 aromatic rings. The molecule has 1 aliphatic heterocycles. The van der Waals surface area contributed by atoms with Crippen LogP contribution in [0.4, 0.5) is 4.39 Å². The molecule has 7 heteroatoms. The average Bonchev–Trinajstić information content (AvgIpc) is 3.19. The molecule has 0 amide bonds. The SMILES string of the molecule is O=S(=O)(NC1CCN(C2CC2)C1)c1ccc(CO)cc1F. The van der Waals surface area contributed by atoms with Crippen LogP contribution in [0.15, 0.2) is 23.1 Å². The van der Waals surface area contributed by atoms with Crippen molar-refractivity contribution >= 4 is 10.0 Å². The summed E-state index contributed by atoms with van der Waals surface area (Å²) in [6.07, 6.45) is 3.14. The Morgan fingerprint density at radius 2 is 2.10 bits per heavy atom. The number of likely N-dealkylation sites (tertiary alicyclic amines) is 1. The molecule has 1 unspecified atom stereocenters. The highest BCUT2D eigenvalue weighted by atomic mass is 32.2. The number of halogens is 1. The van der Waals surface area contributed by atoms with Crippen molar-refractivity contribution in [3.8, 4) is 0 Å². The summed E-state index contributed by atoms with van der Waals surface area (Å²) >= 11 is 0. The molecular formula is C14H19FN2O3S. The minimum atomic E-state index is -3.86. The van der Waals surface area contributed by atoms with Gasteiger partial charge in [-0.3, -0.25) is 4.90 Å². The van der Waals surface area contributed by atoms with Crippen LogP contribution in [0.25, 0.3) is 0 Å². The van der Waals surface area contributed by atoms with Gasteiger partial charge in [-0.25, -0.2) is 17.5 Å². The minimum Gasteiger partial charge on any atom is -0.392 e. The fourth-order valence-corrected chi connectivity index (χ4v) is 4.12. The molecule has 2 fully saturated rings. The standard InChI is InChI=1S/C14H19FN2O3S/c15-13-7-10(9-18)1-4-14(13)21(19,20)16-11-5-6-17(8-11)12-2-3-12/h1,4,7,11-12,16,18H,2-3,5-6,8-9H2. The van der Waals surface area contributed by atoms with E-state index in [0.717, 1.165) is 19.0 Å². The van der Waals surface area contributed by atoms with Crippen molar-refractivity contribution in [3.05, 3.63) is 29.6 Å². The summed E-state index contributed by atoms with van der Waals surface area (Å²) < 4.78 is 41.0. The van der Waals surface area contributed by atoms with E-state index < -0.39 is 15.8 Å². The number of aliphatic hydroxyl groups excluding tert-OH is 1. The molecule has 1 atom stereocenters. The van der Waals surface area contributed by atoms with Gasteiger partial charge in [0.1, 0.15) is 10.7 Å². The molecule has 21 heavy (non-hydrogen) atoms. The summed E-state index contributed by atoms with van der Waals surface area (Å²) in [5.74, 6) is -0.828. The van der Waals surface area contributed by atoms with Gasteiger partial charge in [0.2, 0.25) is 10.0 Å². The third-order valence-corrected chi connectivity index (χ3v) is 5.63. The number of nitrogens with zero attached hydrogens (tertiary/aromatic N) is 1. The molecule has 0 bridgehead atoms. The first kappa shape index (κ1) is 14.9. The Bertz CT molecular complexity index is 631. The Morgan fingerprint density at radius 3 is 2.71 bits per heavy atom. The van der Waals surface area contributed by atoms with Gasteiger partial charge in [-0.05, 0) is 37.0 Å². The first-order valence-electron chi connectivity index (χ1n) is 7.15. The number of nitrogens with one attached hydrogen (secondary N) is 1. The first-order chi connectivity index (χ1) is 9.99. The predicted molar refractivity (Wildman–Crippen MR) is 75.6 cm³/mol. The highest BCUT2D eigenvalue weighted by molar-refractivity contribution is 7.89. The maximum absolute atomic E-state index is 13.9. The molecule has 2 aliphatic rings. The average molecular weight is 314 g/mol. The molecule has 3 rings (SSSR count). The molecular weight excluding hydrogens is 295 g/mol. The van der Waals surface area contributed by atoms with Crippen LogP contribution in [0.1, 0.15) is 24.8 Å². The second-order valence-corrected chi connectivity index (χ2v) is 7.44. The summed E-state index contributed by atoms with van der Waals surface area (Å²) in [6, 6.07) is 4.13. The number of sulfonamides is 1. The highest BCUT2D eigenvalue weighted by Crippen LogP contribution is 2.30. The molecule has 116 valence electrons. The molecule has 5 nitrogen and oxygen atoms in total. The molecule has 1 saturated carbocycles. The quantitative estimate of drug-likeness (QED) is 0.845. The Labute approximate surface area is 123 Å². The van der Waals surface area contributed by atoms with Crippen LogP contribution >= 0.6 is 0 Å². The zero-order valence-electron chi connectivity index (χ0n) is 11.6. The largest absolute Gasteiger partial charge is 0.392 e. The summed E-state index contributed by atoms with van der Waals surface area (Å²) in [5, 5.41) is 8.94. The first-order valence-corrected chi connectivity index (χ1v) is 8.63. The normalized spacial score (nSPS) is 23.6. The van der Waals surface area contributed by atoms with E-state index in [1.807, 2.05) is 0 Å².